The van der Waals surface area contributed by atoms with Crippen LogP contribution in [0.3, 0.4) is 0 Å². The molecule has 6 heteroatoms. The number of thiophene rings is 1. The molecular formula is C17H19NO4S. The van der Waals surface area contributed by atoms with E-state index in [2.05, 4.69) is 5.32 Å². The molecule has 0 fully saturated rings. The molecule has 5 nitrogen and oxygen atoms in total. The van der Waals surface area contributed by atoms with Crippen LogP contribution in [0.5, 0.6) is 0 Å². The third-order valence-electron chi connectivity index (χ3n) is 4.09. The Balaban J connectivity index is 1.65. The maximum Gasteiger partial charge on any atom is 0.339 e. The molecule has 3 rings (SSSR count). The summed E-state index contributed by atoms with van der Waals surface area (Å²) in [5, 5.41) is 11.8. The van der Waals surface area contributed by atoms with Crippen molar-refractivity contribution in [2.75, 3.05) is 0 Å². The molecule has 23 heavy (non-hydrogen) atoms. The number of rotatable bonds is 4. The summed E-state index contributed by atoms with van der Waals surface area (Å²) in [7, 11) is 0. The van der Waals surface area contributed by atoms with Crippen LogP contribution in [0.15, 0.2) is 16.5 Å². The van der Waals surface area contributed by atoms with Gasteiger partial charge in [-0.05, 0) is 50.3 Å². The van der Waals surface area contributed by atoms with Crippen LogP contribution in [0, 0.1) is 6.92 Å². The number of carbonyl (C=O) groups excluding carboxylic acids is 1. The molecule has 2 heterocycles. The van der Waals surface area contributed by atoms with Crippen LogP contribution in [0.2, 0.25) is 0 Å². The van der Waals surface area contributed by atoms with Crippen molar-refractivity contribution in [1.82, 2.24) is 5.32 Å². The number of carbonyl (C=O) groups is 2. The zero-order valence-corrected chi connectivity index (χ0v) is 13.8. The van der Waals surface area contributed by atoms with Gasteiger partial charge in [-0.25, -0.2) is 4.79 Å². The summed E-state index contributed by atoms with van der Waals surface area (Å²) < 4.78 is 5.37. The van der Waals surface area contributed by atoms with Crippen LogP contribution >= 0.6 is 11.3 Å². The van der Waals surface area contributed by atoms with Gasteiger partial charge in [0, 0.05) is 4.88 Å². The number of hydrogen-bond acceptors (Lipinski definition) is 4. The summed E-state index contributed by atoms with van der Waals surface area (Å²) in [6.07, 6.45) is 5.75. The van der Waals surface area contributed by atoms with Crippen LogP contribution in [-0.2, 0) is 19.4 Å². The number of amides is 1. The third-order valence-corrected chi connectivity index (χ3v) is 5.33. The first-order chi connectivity index (χ1) is 11.0. The molecule has 0 bridgehead atoms. The molecule has 1 aliphatic rings. The lowest BCUT2D eigenvalue weighted by atomic mass is 10.1. The van der Waals surface area contributed by atoms with E-state index >= 15 is 0 Å². The van der Waals surface area contributed by atoms with E-state index < -0.39 is 5.97 Å². The van der Waals surface area contributed by atoms with Gasteiger partial charge in [-0.1, -0.05) is 6.42 Å². The molecule has 1 amide bonds. The van der Waals surface area contributed by atoms with Crippen molar-refractivity contribution in [3.63, 3.8) is 0 Å². The molecule has 2 aromatic heterocycles. The van der Waals surface area contributed by atoms with Gasteiger partial charge < -0.3 is 14.8 Å². The van der Waals surface area contributed by atoms with Crippen LogP contribution in [0.1, 0.15) is 61.3 Å². The monoisotopic (exact) mass is 333 g/mol. The molecule has 0 atom stereocenters. The number of aryl methyl sites for hydroxylation is 3. The first-order valence-electron chi connectivity index (χ1n) is 7.77. The molecule has 0 aromatic carbocycles. The van der Waals surface area contributed by atoms with E-state index in [1.54, 1.807) is 18.3 Å². The summed E-state index contributed by atoms with van der Waals surface area (Å²) in [4.78, 5) is 25.3. The van der Waals surface area contributed by atoms with E-state index in [9.17, 15) is 9.59 Å². The molecule has 0 saturated carbocycles. The number of fused-ring (bicyclic) bond motifs is 1. The molecule has 0 unspecified atom stereocenters. The molecule has 0 saturated heterocycles. The van der Waals surface area contributed by atoms with Gasteiger partial charge in [0.25, 0.3) is 5.91 Å². The van der Waals surface area contributed by atoms with Crippen molar-refractivity contribution in [3.05, 3.63) is 44.5 Å². The predicted octanol–water partition coefficient (Wildman–Crippen LogP) is 3.55. The molecular weight excluding hydrogens is 314 g/mol. The topological polar surface area (TPSA) is 79.5 Å². The molecule has 0 spiro atoms. The highest BCUT2D eigenvalue weighted by Crippen LogP contribution is 2.29. The summed E-state index contributed by atoms with van der Waals surface area (Å²) in [6, 6.07) is 3.46. The molecule has 122 valence electrons. The number of hydrogen-bond donors (Lipinski definition) is 2. The fourth-order valence-electron chi connectivity index (χ4n) is 2.88. The van der Waals surface area contributed by atoms with Gasteiger partial charge in [-0.2, -0.15) is 0 Å². The Kier molecular flexibility index (Phi) is 4.52. The summed E-state index contributed by atoms with van der Waals surface area (Å²) in [5.74, 6) is -0.351. The smallest absolute Gasteiger partial charge is 0.339 e. The van der Waals surface area contributed by atoms with Crippen LogP contribution < -0.4 is 5.32 Å². The van der Waals surface area contributed by atoms with Crippen molar-refractivity contribution in [3.8, 4) is 0 Å². The quantitative estimate of drug-likeness (QED) is 0.839. The van der Waals surface area contributed by atoms with Crippen molar-refractivity contribution < 1.29 is 19.1 Å². The van der Waals surface area contributed by atoms with Crippen molar-refractivity contribution in [2.45, 2.75) is 45.6 Å². The zero-order valence-electron chi connectivity index (χ0n) is 13.0. The minimum absolute atomic E-state index is 0.131. The lowest BCUT2D eigenvalue weighted by Crippen LogP contribution is -2.21. The highest BCUT2D eigenvalue weighted by Gasteiger charge is 2.18. The average Bonchev–Trinajstić information content (AvgIpc) is 3.02. The van der Waals surface area contributed by atoms with Gasteiger partial charge in [0.05, 0.1) is 11.4 Å². The van der Waals surface area contributed by atoms with Gasteiger partial charge in [0.15, 0.2) is 0 Å². The Hall–Kier alpha value is -2.08. The highest BCUT2D eigenvalue weighted by atomic mass is 32.1. The van der Waals surface area contributed by atoms with E-state index in [4.69, 9.17) is 9.52 Å². The number of carboxylic acid groups (broad SMARTS) is 1. The van der Waals surface area contributed by atoms with Crippen molar-refractivity contribution in [2.24, 2.45) is 0 Å². The van der Waals surface area contributed by atoms with Gasteiger partial charge >= 0.3 is 5.97 Å². The standard InChI is InChI=1S/C17H19NO4S/c1-10-13(17(20)21)8-12(22-10)9-18-16(19)15-7-11-5-3-2-4-6-14(11)23-15/h7-8H,2-6,9H2,1H3,(H,18,19)(H,20,21). The first-order valence-corrected chi connectivity index (χ1v) is 8.58. The number of nitrogens with one attached hydrogen (secondary N) is 1. The van der Waals surface area contributed by atoms with Gasteiger partial charge in [-0.3, -0.25) is 4.79 Å². The second-order valence-electron chi connectivity index (χ2n) is 5.79. The van der Waals surface area contributed by atoms with Crippen molar-refractivity contribution >= 4 is 23.2 Å². The molecule has 0 aliphatic heterocycles. The largest absolute Gasteiger partial charge is 0.478 e. The Bertz CT molecular complexity index is 720. The second-order valence-corrected chi connectivity index (χ2v) is 6.93. The third kappa shape index (κ3) is 3.47. The number of aromatic carboxylic acids is 1. The second kappa shape index (κ2) is 6.58. The summed E-state index contributed by atoms with van der Waals surface area (Å²) in [5.41, 5.74) is 1.44. The number of carboxylic acids is 1. The SMILES string of the molecule is Cc1oc(CNC(=O)c2cc3c(s2)CCCCC3)cc1C(=O)O. The Morgan fingerprint density at radius 3 is 2.78 bits per heavy atom. The fraction of sp³-hybridized carbons (Fsp3) is 0.412. The molecule has 1 aliphatic carbocycles. The lowest BCUT2D eigenvalue weighted by molar-refractivity contribution is 0.0694. The van der Waals surface area contributed by atoms with Crippen molar-refractivity contribution in [1.29, 1.82) is 0 Å². The van der Waals surface area contributed by atoms with E-state index in [-0.39, 0.29) is 18.0 Å². The Morgan fingerprint density at radius 1 is 1.26 bits per heavy atom. The average molecular weight is 333 g/mol. The zero-order chi connectivity index (χ0) is 16.4. The summed E-state index contributed by atoms with van der Waals surface area (Å²) >= 11 is 1.57. The van der Waals surface area contributed by atoms with E-state index in [0.29, 0.717) is 11.5 Å². The minimum atomic E-state index is -1.02. The van der Waals surface area contributed by atoms with Crippen LogP contribution in [-0.4, -0.2) is 17.0 Å². The maximum atomic E-state index is 12.3. The van der Waals surface area contributed by atoms with Crippen LogP contribution in [0.25, 0.3) is 0 Å². The van der Waals surface area contributed by atoms with Gasteiger partial charge in [-0.15, -0.1) is 11.3 Å². The fourth-order valence-corrected chi connectivity index (χ4v) is 4.05. The summed E-state index contributed by atoms with van der Waals surface area (Å²) in [6.45, 7) is 1.79. The first kappa shape index (κ1) is 15.8. The van der Waals surface area contributed by atoms with E-state index in [1.807, 2.05) is 6.07 Å². The van der Waals surface area contributed by atoms with Gasteiger partial charge in [0.1, 0.15) is 17.1 Å². The molecule has 2 N–H and O–H groups in total. The predicted molar refractivity (Wildman–Crippen MR) is 87.2 cm³/mol. The van der Waals surface area contributed by atoms with Gasteiger partial charge in [0.2, 0.25) is 0 Å². The molecule has 2 aromatic rings. The van der Waals surface area contributed by atoms with E-state index in [1.165, 1.54) is 35.8 Å². The normalized spacial score (nSPS) is 14.1. The molecule has 0 radical (unpaired) electrons. The van der Waals surface area contributed by atoms with E-state index in [0.717, 1.165) is 17.7 Å². The lowest BCUT2D eigenvalue weighted by Gasteiger charge is -2.00. The maximum absolute atomic E-state index is 12.3. The minimum Gasteiger partial charge on any atom is -0.478 e. The highest BCUT2D eigenvalue weighted by molar-refractivity contribution is 7.14. The Labute approximate surface area is 138 Å². The Morgan fingerprint density at radius 2 is 2.04 bits per heavy atom. The number of furan rings is 1. The van der Waals surface area contributed by atoms with Crippen LogP contribution in [0.4, 0.5) is 0 Å².